The van der Waals surface area contributed by atoms with Crippen molar-refractivity contribution in [3.63, 3.8) is 0 Å². The number of piperazine rings is 1. The normalized spacial score (nSPS) is 18.3. The summed E-state index contributed by atoms with van der Waals surface area (Å²) in [7, 11) is 2.08. The zero-order chi connectivity index (χ0) is 13.4. The van der Waals surface area contributed by atoms with Crippen molar-refractivity contribution in [1.29, 1.82) is 0 Å². The number of carbonyl (C=O) groups excluding carboxylic acids is 1. The number of aliphatic imine (C=N–C) groups is 1. The van der Waals surface area contributed by atoms with E-state index in [0.717, 1.165) is 32.7 Å². The van der Waals surface area contributed by atoms with Crippen molar-refractivity contribution in [3.8, 4) is 0 Å². The minimum absolute atomic E-state index is 0.0861. The first-order valence-corrected chi connectivity index (χ1v) is 6.47. The van der Waals surface area contributed by atoms with E-state index in [9.17, 15) is 4.79 Å². The van der Waals surface area contributed by atoms with Gasteiger partial charge in [0, 0.05) is 50.9 Å². The molecule has 1 rings (SSSR count). The maximum atomic E-state index is 12.2. The van der Waals surface area contributed by atoms with Crippen LogP contribution in [0.4, 0.5) is 0 Å². The zero-order valence-corrected chi connectivity index (χ0v) is 11.4. The molecule has 0 aliphatic carbocycles. The lowest BCUT2D eigenvalue weighted by molar-refractivity contribution is -0.128. The Morgan fingerprint density at radius 2 is 2.00 bits per heavy atom. The highest BCUT2D eigenvalue weighted by atomic mass is 16.2. The van der Waals surface area contributed by atoms with E-state index >= 15 is 0 Å². The van der Waals surface area contributed by atoms with Crippen molar-refractivity contribution in [3.05, 3.63) is 24.3 Å². The third-order valence-electron chi connectivity index (χ3n) is 3.01. The van der Waals surface area contributed by atoms with Gasteiger partial charge in [-0.2, -0.15) is 0 Å². The SMILES string of the molecule is C=CC(=CCC=NCC)C(=O)N1CCN(C)CC1. The van der Waals surface area contributed by atoms with Crippen molar-refractivity contribution in [2.24, 2.45) is 4.99 Å². The highest BCUT2D eigenvalue weighted by Crippen LogP contribution is 2.07. The monoisotopic (exact) mass is 249 g/mol. The van der Waals surface area contributed by atoms with Gasteiger partial charge in [-0.3, -0.25) is 9.79 Å². The summed E-state index contributed by atoms with van der Waals surface area (Å²) in [5.74, 6) is 0.0861. The number of carbonyl (C=O) groups is 1. The number of hydrogen-bond donors (Lipinski definition) is 0. The van der Waals surface area contributed by atoms with E-state index in [4.69, 9.17) is 0 Å². The maximum absolute atomic E-state index is 12.2. The predicted octanol–water partition coefficient (Wildman–Crippen LogP) is 1.35. The van der Waals surface area contributed by atoms with Gasteiger partial charge in [0.1, 0.15) is 0 Å². The molecule has 100 valence electrons. The second-order valence-corrected chi connectivity index (χ2v) is 4.38. The van der Waals surface area contributed by atoms with Crippen LogP contribution in [0, 0.1) is 0 Å². The van der Waals surface area contributed by atoms with Crippen LogP contribution in [-0.4, -0.2) is 61.7 Å². The maximum Gasteiger partial charge on any atom is 0.253 e. The van der Waals surface area contributed by atoms with Crippen LogP contribution in [0.5, 0.6) is 0 Å². The Labute approximate surface area is 110 Å². The summed E-state index contributed by atoms with van der Waals surface area (Å²) in [5.41, 5.74) is 0.683. The summed E-state index contributed by atoms with van der Waals surface area (Å²) >= 11 is 0. The molecule has 0 atom stereocenters. The molecule has 1 heterocycles. The van der Waals surface area contributed by atoms with Gasteiger partial charge in [0.25, 0.3) is 5.91 Å². The first-order valence-electron chi connectivity index (χ1n) is 6.47. The Morgan fingerprint density at radius 1 is 1.33 bits per heavy atom. The highest BCUT2D eigenvalue weighted by Gasteiger charge is 2.20. The summed E-state index contributed by atoms with van der Waals surface area (Å²) in [5, 5.41) is 0. The summed E-state index contributed by atoms with van der Waals surface area (Å²) in [6.07, 6.45) is 6.06. The molecule has 1 aliphatic rings. The van der Waals surface area contributed by atoms with E-state index in [2.05, 4.69) is 23.5 Å². The average Bonchev–Trinajstić information content (AvgIpc) is 2.39. The minimum atomic E-state index is 0.0861. The van der Waals surface area contributed by atoms with Crippen LogP contribution in [0.2, 0.25) is 0 Å². The van der Waals surface area contributed by atoms with Crippen LogP contribution in [-0.2, 0) is 4.79 Å². The molecular formula is C14H23N3O. The summed E-state index contributed by atoms with van der Waals surface area (Å²) in [4.78, 5) is 20.5. The third-order valence-corrected chi connectivity index (χ3v) is 3.01. The van der Waals surface area contributed by atoms with Crippen LogP contribution in [0.1, 0.15) is 13.3 Å². The molecule has 4 nitrogen and oxygen atoms in total. The van der Waals surface area contributed by atoms with Gasteiger partial charge < -0.3 is 9.80 Å². The lowest BCUT2D eigenvalue weighted by Crippen LogP contribution is -2.47. The Morgan fingerprint density at radius 3 is 2.56 bits per heavy atom. The molecule has 0 aromatic carbocycles. The van der Waals surface area contributed by atoms with Gasteiger partial charge in [-0.25, -0.2) is 0 Å². The van der Waals surface area contributed by atoms with Crippen LogP contribution >= 0.6 is 0 Å². The van der Waals surface area contributed by atoms with E-state index in [1.807, 2.05) is 24.1 Å². The first-order chi connectivity index (χ1) is 8.69. The first kappa shape index (κ1) is 14.6. The van der Waals surface area contributed by atoms with E-state index in [-0.39, 0.29) is 5.91 Å². The van der Waals surface area contributed by atoms with Crippen LogP contribution in [0.25, 0.3) is 0 Å². The predicted molar refractivity (Wildman–Crippen MR) is 76.0 cm³/mol. The molecule has 0 spiro atoms. The van der Waals surface area contributed by atoms with Crippen molar-refractivity contribution in [1.82, 2.24) is 9.80 Å². The Bertz CT molecular complexity index is 339. The second-order valence-electron chi connectivity index (χ2n) is 4.38. The molecule has 0 bridgehead atoms. The number of likely N-dealkylation sites (N-methyl/N-ethyl adjacent to an activating group) is 1. The van der Waals surface area contributed by atoms with E-state index in [1.54, 1.807) is 6.08 Å². The smallest absolute Gasteiger partial charge is 0.253 e. The quantitative estimate of drug-likeness (QED) is 0.419. The fraction of sp³-hybridized carbons (Fsp3) is 0.571. The lowest BCUT2D eigenvalue weighted by Gasteiger charge is -2.32. The second kappa shape index (κ2) is 7.82. The summed E-state index contributed by atoms with van der Waals surface area (Å²) in [6.45, 7) is 9.96. The fourth-order valence-electron chi connectivity index (χ4n) is 1.83. The fourth-order valence-corrected chi connectivity index (χ4v) is 1.83. The number of hydrogen-bond acceptors (Lipinski definition) is 3. The molecule has 0 saturated carbocycles. The van der Waals surface area contributed by atoms with Gasteiger partial charge in [-0.15, -0.1) is 0 Å². The lowest BCUT2D eigenvalue weighted by atomic mass is 10.1. The number of nitrogens with zero attached hydrogens (tertiary/aromatic N) is 3. The van der Waals surface area contributed by atoms with Gasteiger partial charge in [0.15, 0.2) is 0 Å². The van der Waals surface area contributed by atoms with Gasteiger partial charge >= 0.3 is 0 Å². The Kier molecular flexibility index (Phi) is 6.36. The van der Waals surface area contributed by atoms with Crippen molar-refractivity contribution in [2.75, 3.05) is 39.8 Å². The molecule has 1 amide bonds. The Balaban J connectivity index is 2.56. The van der Waals surface area contributed by atoms with Crippen molar-refractivity contribution in [2.45, 2.75) is 13.3 Å². The minimum Gasteiger partial charge on any atom is -0.336 e. The standard InChI is InChI=1S/C14H23N3O/c1-4-13(7-6-8-15-5-2)14(18)17-11-9-16(3)10-12-17/h4,7-8H,1,5-6,9-12H2,2-3H3. The van der Waals surface area contributed by atoms with Crippen LogP contribution in [0.15, 0.2) is 29.3 Å². The molecule has 0 radical (unpaired) electrons. The summed E-state index contributed by atoms with van der Waals surface area (Å²) in [6, 6.07) is 0. The van der Waals surface area contributed by atoms with Crippen molar-refractivity contribution >= 4 is 12.1 Å². The molecule has 1 fully saturated rings. The van der Waals surface area contributed by atoms with Crippen LogP contribution < -0.4 is 0 Å². The molecule has 1 saturated heterocycles. The highest BCUT2D eigenvalue weighted by molar-refractivity contribution is 5.96. The van der Waals surface area contributed by atoms with Gasteiger partial charge in [-0.05, 0) is 14.0 Å². The summed E-state index contributed by atoms with van der Waals surface area (Å²) < 4.78 is 0. The van der Waals surface area contributed by atoms with Crippen molar-refractivity contribution < 1.29 is 4.79 Å². The van der Waals surface area contributed by atoms with Gasteiger partial charge in [0.05, 0.1) is 0 Å². The van der Waals surface area contributed by atoms with E-state index < -0.39 is 0 Å². The van der Waals surface area contributed by atoms with Crippen LogP contribution in [0.3, 0.4) is 0 Å². The van der Waals surface area contributed by atoms with E-state index in [1.165, 1.54) is 0 Å². The molecule has 0 unspecified atom stereocenters. The van der Waals surface area contributed by atoms with Gasteiger partial charge in [-0.1, -0.05) is 18.7 Å². The third kappa shape index (κ3) is 4.45. The molecule has 0 aromatic heterocycles. The largest absolute Gasteiger partial charge is 0.336 e. The molecule has 1 aliphatic heterocycles. The number of amides is 1. The van der Waals surface area contributed by atoms with Gasteiger partial charge in [0.2, 0.25) is 0 Å². The zero-order valence-electron chi connectivity index (χ0n) is 11.4. The Hall–Kier alpha value is -1.42. The number of rotatable bonds is 5. The average molecular weight is 249 g/mol. The topological polar surface area (TPSA) is 35.9 Å². The van der Waals surface area contributed by atoms with E-state index in [0.29, 0.717) is 12.0 Å². The molecule has 4 heteroatoms. The number of allylic oxidation sites excluding steroid dienone is 1. The molecule has 18 heavy (non-hydrogen) atoms. The molecular weight excluding hydrogens is 226 g/mol. The molecule has 0 N–H and O–H groups in total. The molecule has 0 aromatic rings.